The summed E-state index contributed by atoms with van der Waals surface area (Å²) in [6.45, 7) is 4.04. The zero-order valence-electron chi connectivity index (χ0n) is 13.8. The first kappa shape index (κ1) is 16.0. The highest BCUT2D eigenvalue weighted by Crippen LogP contribution is 2.34. The summed E-state index contributed by atoms with van der Waals surface area (Å²) in [5.74, 6) is 0.327. The van der Waals surface area contributed by atoms with Gasteiger partial charge in [0.05, 0.1) is 24.0 Å². The molecule has 1 aliphatic rings. The number of imidazole rings is 1. The van der Waals surface area contributed by atoms with Crippen LogP contribution in [0.25, 0.3) is 11.0 Å². The van der Waals surface area contributed by atoms with E-state index in [1.165, 1.54) is 0 Å². The molecule has 1 amide bonds. The van der Waals surface area contributed by atoms with Crippen molar-refractivity contribution < 1.29 is 9.90 Å². The van der Waals surface area contributed by atoms with Crippen molar-refractivity contribution in [1.82, 2.24) is 14.9 Å². The molecule has 1 aliphatic carbocycles. The molecule has 0 atom stereocenters. The topological polar surface area (TPSA) is 67.2 Å². The molecule has 2 N–H and O–H groups in total. The fourth-order valence-electron chi connectivity index (χ4n) is 3.48. The van der Waals surface area contributed by atoms with E-state index in [2.05, 4.69) is 14.9 Å². The molecule has 0 bridgehead atoms. The molecule has 5 nitrogen and oxygen atoms in total. The minimum Gasteiger partial charge on any atom is -0.392 e. The van der Waals surface area contributed by atoms with E-state index < -0.39 is 0 Å². The number of hydrogen-bond donors (Lipinski definition) is 2. The summed E-state index contributed by atoms with van der Waals surface area (Å²) in [7, 11) is 0. The Bertz CT molecular complexity index is 685. The number of nitrogens with one attached hydrogen (secondary N) is 1. The number of benzene rings is 1. The molecule has 23 heavy (non-hydrogen) atoms. The Morgan fingerprint density at radius 2 is 2.09 bits per heavy atom. The van der Waals surface area contributed by atoms with E-state index in [1.54, 1.807) is 0 Å². The van der Waals surface area contributed by atoms with Crippen LogP contribution in [0.1, 0.15) is 51.1 Å². The van der Waals surface area contributed by atoms with Crippen molar-refractivity contribution in [2.75, 3.05) is 0 Å². The Morgan fingerprint density at radius 1 is 1.35 bits per heavy atom. The molecule has 0 saturated heterocycles. The van der Waals surface area contributed by atoms with Crippen molar-refractivity contribution in [3.63, 3.8) is 0 Å². The molecule has 0 unspecified atom stereocenters. The number of hydrogen-bond acceptors (Lipinski definition) is 3. The molecule has 1 saturated carbocycles. The molecule has 1 fully saturated rings. The number of rotatable bonds is 4. The molecule has 5 heteroatoms. The Morgan fingerprint density at radius 3 is 2.74 bits per heavy atom. The summed E-state index contributed by atoms with van der Waals surface area (Å²) in [5, 5.41) is 12.4. The lowest BCUT2D eigenvalue weighted by Crippen LogP contribution is -2.37. The highest BCUT2D eigenvalue weighted by Gasteiger charge is 2.27. The minimum atomic E-state index is 0.0449. The quantitative estimate of drug-likeness (QED) is 0.911. The second kappa shape index (κ2) is 6.71. The maximum Gasteiger partial charge on any atom is 0.223 e. The number of fused-ring (bicyclic) bond motifs is 1. The van der Waals surface area contributed by atoms with E-state index in [4.69, 9.17) is 0 Å². The van der Waals surface area contributed by atoms with Gasteiger partial charge >= 0.3 is 0 Å². The van der Waals surface area contributed by atoms with Crippen LogP contribution >= 0.6 is 0 Å². The number of carbonyl (C=O) groups is 1. The van der Waals surface area contributed by atoms with Crippen LogP contribution < -0.4 is 5.32 Å². The average molecular weight is 315 g/mol. The van der Waals surface area contributed by atoms with Gasteiger partial charge in [0, 0.05) is 18.0 Å². The highest BCUT2D eigenvalue weighted by molar-refractivity contribution is 5.79. The van der Waals surface area contributed by atoms with E-state index in [1.807, 2.05) is 38.4 Å². The van der Waals surface area contributed by atoms with Gasteiger partial charge in [-0.15, -0.1) is 0 Å². The largest absolute Gasteiger partial charge is 0.392 e. The van der Waals surface area contributed by atoms with Crippen LogP contribution in [0.2, 0.25) is 0 Å². The molecule has 0 radical (unpaired) electrons. The fourth-order valence-corrected chi connectivity index (χ4v) is 3.48. The molecule has 3 rings (SSSR count). The van der Waals surface area contributed by atoms with Crippen LogP contribution in [-0.2, 0) is 11.4 Å². The summed E-state index contributed by atoms with van der Waals surface area (Å²) < 4.78 is 2.21. The van der Waals surface area contributed by atoms with Crippen molar-refractivity contribution in [2.45, 2.75) is 58.2 Å². The fraction of sp³-hybridized carbons (Fsp3) is 0.556. The second-order valence-corrected chi connectivity index (χ2v) is 6.80. The summed E-state index contributed by atoms with van der Waals surface area (Å²) in [4.78, 5) is 16.6. The Balaban J connectivity index is 1.71. The Kier molecular flexibility index (Phi) is 4.66. The monoisotopic (exact) mass is 315 g/mol. The zero-order chi connectivity index (χ0) is 16.4. The average Bonchev–Trinajstić information content (AvgIpc) is 2.97. The molecule has 124 valence electrons. The van der Waals surface area contributed by atoms with E-state index in [0.29, 0.717) is 6.04 Å². The van der Waals surface area contributed by atoms with E-state index in [9.17, 15) is 9.90 Å². The van der Waals surface area contributed by atoms with Crippen LogP contribution in [0.4, 0.5) is 0 Å². The number of aromatic nitrogens is 2. The number of aliphatic hydroxyl groups excluding tert-OH is 1. The first-order valence-electron chi connectivity index (χ1n) is 8.45. The lowest BCUT2D eigenvalue weighted by atomic mass is 9.85. The molecule has 0 spiro atoms. The SMILES string of the molecule is CC(C)NC(=O)C1CCC(n2cnc3ccc(CO)cc32)CC1. The van der Waals surface area contributed by atoms with Crippen molar-refractivity contribution >= 4 is 16.9 Å². The van der Waals surface area contributed by atoms with Crippen LogP contribution in [0.15, 0.2) is 24.5 Å². The number of amides is 1. The van der Waals surface area contributed by atoms with E-state index in [0.717, 1.165) is 42.3 Å². The standard InChI is InChI=1S/C18H25N3O2/c1-12(2)20-18(23)14-4-6-15(7-5-14)21-11-19-16-8-3-13(10-22)9-17(16)21/h3,8-9,11-12,14-15,22H,4-7,10H2,1-2H3,(H,20,23). The maximum atomic E-state index is 12.1. The Labute approximate surface area is 136 Å². The summed E-state index contributed by atoms with van der Waals surface area (Å²) in [6, 6.07) is 6.47. The number of nitrogens with zero attached hydrogens (tertiary/aromatic N) is 2. The lowest BCUT2D eigenvalue weighted by Gasteiger charge is -2.29. The third-order valence-corrected chi connectivity index (χ3v) is 4.71. The molecule has 1 heterocycles. The van der Waals surface area contributed by atoms with Gasteiger partial charge in [0.15, 0.2) is 0 Å². The van der Waals surface area contributed by atoms with Crippen LogP contribution in [-0.4, -0.2) is 26.6 Å². The molecule has 2 aromatic rings. The van der Waals surface area contributed by atoms with Gasteiger partial charge in [0.1, 0.15) is 0 Å². The van der Waals surface area contributed by atoms with Crippen molar-refractivity contribution in [2.24, 2.45) is 5.92 Å². The normalized spacial score (nSPS) is 21.7. The Hall–Kier alpha value is -1.88. The van der Waals surface area contributed by atoms with Gasteiger partial charge in [-0.25, -0.2) is 4.98 Å². The lowest BCUT2D eigenvalue weighted by molar-refractivity contribution is -0.126. The van der Waals surface area contributed by atoms with Crippen molar-refractivity contribution in [3.8, 4) is 0 Å². The molecule has 1 aromatic heterocycles. The first-order chi connectivity index (χ1) is 11.1. The van der Waals surface area contributed by atoms with E-state index >= 15 is 0 Å². The van der Waals surface area contributed by atoms with Crippen molar-refractivity contribution in [3.05, 3.63) is 30.1 Å². The second-order valence-electron chi connectivity index (χ2n) is 6.80. The van der Waals surface area contributed by atoms with Gasteiger partial charge in [-0.05, 0) is 57.2 Å². The van der Waals surface area contributed by atoms with Crippen LogP contribution in [0.5, 0.6) is 0 Å². The predicted octanol–water partition coefficient (Wildman–Crippen LogP) is 2.78. The van der Waals surface area contributed by atoms with Gasteiger partial charge < -0.3 is 15.0 Å². The highest BCUT2D eigenvalue weighted by atomic mass is 16.3. The van der Waals surface area contributed by atoms with Gasteiger partial charge in [-0.2, -0.15) is 0 Å². The van der Waals surface area contributed by atoms with Crippen molar-refractivity contribution in [1.29, 1.82) is 0 Å². The van der Waals surface area contributed by atoms with Crippen LogP contribution in [0.3, 0.4) is 0 Å². The van der Waals surface area contributed by atoms with E-state index in [-0.39, 0.29) is 24.5 Å². The molecular weight excluding hydrogens is 290 g/mol. The number of carbonyl (C=O) groups excluding carboxylic acids is 1. The van der Waals surface area contributed by atoms with Gasteiger partial charge in [0.2, 0.25) is 5.91 Å². The predicted molar refractivity (Wildman–Crippen MR) is 89.9 cm³/mol. The minimum absolute atomic E-state index is 0.0449. The van der Waals surface area contributed by atoms with Crippen LogP contribution in [0, 0.1) is 5.92 Å². The summed E-state index contributed by atoms with van der Waals surface area (Å²) in [5.41, 5.74) is 2.94. The van der Waals surface area contributed by atoms with Gasteiger partial charge in [0.25, 0.3) is 0 Å². The third-order valence-electron chi connectivity index (χ3n) is 4.71. The van der Waals surface area contributed by atoms with Gasteiger partial charge in [-0.3, -0.25) is 4.79 Å². The maximum absolute atomic E-state index is 12.1. The molecular formula is C18H25N3O2. The first-order valence-corrected chi connectivity index (χ1v) is 8.45. The summed E-state index contributed by atoms with van der Waals surface area (Å²) >= 11 is 0. The smallest absolute Gasteiger partial charge is 0.223 e. The molecule has 0 aliphatic heterocycles. The third kappa shape index (κ3) is 3.39. The zero-order valence-corrected chi connectivity index (χ0v) is 13.8. The number of aliphatic hydroxyl groups is 1. The van der Waals surface area contributed by atoms with Gasteiger partial charge in [-0.1, -0.05) is 6.07 Å². The molecule has 1 aromatic carbocycles. The summed E-state index contributed by atoms with van der Waals surface area (Å²) in [6.07, 6.45) is 5.71.